The van der Waals surface area contributed by atoms with Gasteiger partial charge in [0.25, 0.3) is 0 Å². The van der Waals surface area contributed by atoms with Crippen molar-refractivity contribution < 1.29 is 17.9 Å². The van der Waals surface area contributed by atoms with Crippen molar-refractivity contribution in [2.75, 3.05) is 6.61 Å². The summed E-state index contributed by atoms with van der Waals surface area (Å²) in [6.07, 6.45) is -1.58. The van der Waals surface area contributed by atoms with Crippen LogP contribution in [0, 0.1) is 0 Å². The summed E-state index contributed by atoms with van der Waals surface area (Å²) in [5.74, 6) is -0.0418. The zero-order valence-electron chi connectivity index (χ0n) is 10.6. The molecular weight excluding hydrogens is 259 g/mol. The monoisotopic (exact) mass is 275 g/mol. The highest BCUT2D eigenvalue weighted by Crippen LogP contribution is 2.37. The van der Waals surface area contributed by atoms with Crippen LogP contribution in [0.2, 0.25) is 0 Å². The summed E-state index contributed by atoms with van der Waals surface area (Å²) in [7, 11) is 0. The third-order valence-electron chi connectivity index (χ3n) is 3.23. The molecule has 0 unspecified atom stereocenters. The summed E-state index contributed by atoms with van der Waals surface area (Å²) in [6.45, 7) is 1.92. The van der Waals surface area contributed by atoms with Crippen LogP contribution < -0.4 is 10.5 Å². The number of hydrogen-bond donors (Lipinski definition) is 1. The highest BCUT2D eigenvalue weighted by Gasteiger charge is 2.39. The van der Waals surface area contributed by atoms with Gasteiger partial charge in [-0.05, 0) is 19.8 Å². The molecular formula is C12H16F3N3O. The molecule has 2 N–H and O–H groups in total. The van der Waals surface area contributed by atoms with Gasteiger partial charge in [-0.2, -0.15) is 18.2 Å². The van der Waals surface area contributed by atoms with Gasteiger partial charge in [-0.1, -0.05) is 12.8 Å². The van der Waals surface area contributed by atoms with Crippen molar-refractivity contribution in [2.45, 2.75) is 44.3 Å². The summed E-state index contributed by atoms with van der Waals surface area (Å²) in [5, 5.41) is 0. The van der Waals surface area contributed by atoms with Crippen LogP contribution >= 0.6 is 0 Å². The molecule has 0 atom stereocenters. The van der Waals surface area contributed by atoms with Gasteiger partial charge >= 0.3 is 6.18 Å². The number of halogens is 3. The van der Waals surface area contributed by atoms with Crippen molar-refractivity contribution in [3.05, 3.63) is 17.6 Å². The molecule has 2 rings (SSSR count). The van der Waals surface area contributed by atoms with Gasteiger partial charge in [-0.25, -0.2) is 4.98 Å². The number of rotatable bonds is 3. The molecule has 1 aromatic rings. The van der Waals surface area contributed by atoms with E-state index < -0.39 is 17.4 Å². The minimum Gasteiger partial charge on any atom is -0.478 e. The summed E-state index contributed by atoms with van der Waals surface area (Å²) in [5.41, 5.74) is 4.24. The second-order valence-electron chi connectivity index (χ2n) is 4.71. The lowest BCUT2D eigenvalue weighted by Crippen LogP contribution is -2.36. The van der Waals surface area contributed by atoms with Gasteiger partial charge in [-0.15, -0.1) is 0 Å². The van der Waals surface area contributed by atoms with Crippen LogP contribution in [-0.2, 0) is 11.7 Å². The molecule has 1 saturated carbocycles. The highest BCUT2D eigenvalue weighted by atomic mass is 19.4. The standard InChI is InChI=1S/C12H16F3N3O/c1-2-19-9-7-8(12(13,14)15)17-10(18-9)11(16)5-3-4-6-11/h7H,2-6,16H2,1H3. The van der Waals surface area contributed by atoms with E-state index in [1.807, 2.05) is 0 Å². The molecule has 0 radical (unpaired) electrons. The SMILES string of the molecule is CCOc1cc(C(F)(F)F)nc(C2(N)CCCC2)n1. The third kappa shape index (κ3) is 2.97. The number of nitrogens with zero attached hydrogens (tertiary/aromatic N) is 2. The molecule has 1 aliphatic rings. The molecule has 19 heavy (non-hydrogen) atoms. The van der Waals surface area contributed by atoms with Crippen molar-refractivity contribution in [2.24, 2.45) is 5.73 Å². The van der Waals surface area contributed by atoms with Crippen LogP contribution in [0.25, 0.3) is 0 Å². The number of ether oxygens (including phenoxy) is 1. The van der Waals surface area contributed by atoms with Crippen molar-refractivity contribution in [1.29, 1.82) is 0 Å². The average Bonchev–Trinajstić information content (AvgIpc) is 2.76. The quantitative estimate of drug-likeness (QED) is 0.921. The minimum absolute atomic E-state index is 0.0308. The molecule has 1 heterocycles. The van der Waals surface area contributed by atoms with E-state index in [2.05, 4.69) is 9.97 Å². The van der Waals surface area contributed by atoms with E-state index in [0.29, 0.717) is 12.8 Å². The van der Waals surface area contributed by atoms with Crippen LogP contribution in [0.15, 0.2) is 6.07 Å². The van der Waals surface area contributed by atoms with E-state index in [1.165, 1.54) is 0 Å². The fourth-order valence-corrected chi connectivity index (χ4v) is 2.24. The average molecular weight is 275 g/mol. The lowest BCUT2D eigenvalue weighted by molar-refractivity contribution is -0.141. The topological polar surface area (TPSA) is 61.0 Å². The molecule has 7 heteroatoms. The van der Waals surface area contributed by atoms with Gasteiger partial charge in [0.15, 0.2) is 11.5 Å². The zero-order chi connectivity index (χ0) is 14.1. The van der Waals surface area contributed by atoms with Crippen LogP contribution in [-0.4, -0.2) is 16.6 Å². The normalized spacial score (nSPS) is 18.6. The van der Waals surface area contributed by atoms with Crippen LogP contribution in [0.4, 0.5) is 13.2 Å². The first-order valence-electron chi connectivity index (χ1n) is 6.23. The lowest BCUT2D eigenvalue weighted by atomic mass is 9.98. The Hall–Kier alpha value is -1.37. The number of nitrogens with two attached hydrogens (primary N) is 1. The van der Waals surface area contributed by atoms with Crippen molar-refractivity contribution in [3.8, 4) is 5.88 Å². The van der Waals surface area contributed by atoms with Crippen LogP contribution in [0.3, 0.4) is 0 Å². The zero-order valence-corrected chi connectivity index (χ0v) is 10.6. The minimum atomic E-state index is -4.53. The summed E-state index contributed by atoms with van der Waals surface area (Å²) in [4.78, 5) is 7.63. The largest absolute Gasteiger partial charge is 0.478 e. The van der Waals surface area contributed by atoms with E-state index >= 15 is 0 Å². The van der Waals surface area contributed by atoms with Gasteiger partial charge in [0.05, 0.1) is 12.1 Å². The maximum absolute atomic E-state index is 12.8. The van der Waals surface area contributed by atoms with Crippen molar-refractivity contribution in [3.63, 3.8) is 0 Å². The maximum atomic E-state index is 12.8. The van der Waals surface area contributed by atoms with E-state index in [-0.39, 0.29) is 18.3 Å². The Bertz CT molecular complexity index is 456. The van der Waals surface area contributed by atoms with Crippen molar-refractivity contribution in [1.82, 2.24) is 9.97 Å². The second kappa shape index (κ2) is 4.96. The summed E-state index contributed by atoms with van der Waals surface area (Å²) < 4.78 is 43.5. The first kappa shape index (κ1) is 14.0. The molecule has 0 aliphatic heterocycles. The highest BCUT2D eigenvalue weighted by molar-refractivity contribution is 5.22. The second-order valence-corrected chi connectivity index (χ2v) is 4.71. The lowest BCUT2D eigenvalue weighted by Gasteiger charge is -2.23. The van der Waals surface area contributed by atoms with Crippen molar-refractivity contribution >= 4 is 0 Å². The van der Waals surface area contributed by atoms with E-state index in [1.54, 1.807) is 6.92 Å². The van der Waals surface area contributed by atoms with Gasteiger partial charge in [0.2, 0.25) is 5.88 Å². The maximum Gasteiger partial charge on any atom is 0.433 e. The Morgan fingerprint density at radius 3 is 2.47 bits per heavy atom. The molecule has 4 nitrogen and oxygen atoms in total. The fraction of sp³-hybridized carbons (Fsp3) is 0.667. The summed E-state index contributed by atoms with van der Waals surface area (Å²) >= 11 is 0. The molecule has 106 valence electrons. The molecule has 0 spiro atoms. The predicted octanol–water partition coefficient (Wildman–Crippen LogP) is 2.62. The van der Waals surface area contributed by atoms with Gasteiger partial charge in [0, 0.05) is 6.07 Å². The molecule has 0 aromatic carbocycles. The molecule has 0 saturated heterocycles. The van der Waals surface area contributed by atoms with Crippen LogP contribution in [0.1, 0.15) is 44.1 Å². The molecule has 1 aliphatic carbocycles. The smallest absolute Gasteiger partial charge is 0.433 e. The number of aromatic nitrogens is 2. The molecule has 1 aromatic heterocycles. The van der Waals surface area contributed by atoms with E-state index in [0.717, 1.165) is 18.9 Å². The number of hydrogen-bond acceptors (Lipinski definition) is 4. The predicted molar refractivity (Wildman–Crippen MR) is 62.5 cm³/mol. The first-order valence-corrected chi connectivity index (χ1v) is 6.23. The molecule has 0 amide bonds. The Kier molecular flexibility index (Phi) is 3.66. The summed E-state index contributed by atoms with van der Waals surface area (Å²) in [6, 6.07) is 0.811. The third-order valence-corrected chi connectivity index (χ3v) is 3.23. The Morgan fingerprint density at radius 1 is 1.32 bits per heavy atom. The first-order chi connectivity index (χ1) is 8.85. The van der Waals surface area contributed by atoms with E-state index in [4.69, 9.17) is 10.5 Å². The number of alkyl halides is 3. The molecule has 0 bridgehead atoms. The van der Waals surface area contributed by atoms with Gasteiger partial charge < -0.3 is 10.5 Å². The Morgan fingerprint density at radius 2 is 1.95 bits per heavy atom. The molecule has 1 fully saturated rings. The van der Waals surface area contributed by atoms with Gasteiger partial charge in [0.1, 0.15) is 0 Å². The Labute approximate surface area is 109 Å². The van der Waals surface area contributed by atoms with Gasteiger partial charge in [-0.3, -0.25) is 0 Å². The van der Waals surface area contributed by atoms with Crippen LogP contribution in [0.5, 0.6) is 5.88 Å². The van der Waals surface area contributed by atoms with E-state index in [9.17, 15) is 13.2 Å². The fourth-order valence-electron chi connectivity index (χ4n) is 2.24. The Balaban J connectivity index is 2.45.